The van der Waals surface area contributed by atoms with Gasteiger partial charge in [-0.3, -0.25) is 0 Å². The molecule has 0 fully saturated rings. The maximum absolute atomic E-state index is 5.98. The van der Waals surface area contributed by atoms with Crippen molar-refractivity contribution in [3.8, 4) is 11.5 Å². The fourth-order valence-electron chi connectivity index (χ4n) is 4.49. The molecule has 1 heterocycles. The number of hydrogen-bond donors (Lipinski definition) is 0. The van der Waals surface area contributed by atoms with Crippen molar-refractivity contribution < 1.29 is 9.47 Å². The van der Waals surface area contributed by atoms with Gasteiger partial charge in [-0.2, -0.15) is 0 Å². The molecule has 182 valence electrons. The van der Waals surface area contributed by atoms with E-state index < -0.39 is 8.07 Å². The number of hydrogen-bond acceptors (Lipinski definition) is 3. The summed E-state index contributed by atoms with van der Waals surface area (Å²) in [6.45, 7) is 5.88. The predicted octanol–water partition coefficient (Wildman–Crippen LogP) is 4.95. The molecule has 4 aromatic rings. The van der Waals surface area contributed by atoms with E-state index in [0.29, 0.717) is 0 Å². The van der Waals surface area contributed by atoms with Crippen molar-refractivity contribution in [2.24, 2.45) is 0 Å². The molecule has 5 heteroatoms. The molecule has 0 amide bonds. The van der Waals surface area contributed by atoms with Crippen molar-refractivity contribution in [2.75, 3.05) is 13.2 Å². The largest absolute Gasteiger partial charge is 0.494 e. The molecular formula is C30H36N2O2Si. The summed E-state index contributed by atoms with van der Waals surface area (Å²) < 4.78 is 14.2. The van der Waals surface area contributed by atoms with Gasteiger partial charge in [0.1, 0.15) is 11.5 Å². The van der Waals surface area contributed by atoms with Gasteiger partial charge in [0.15, 0.2) is 8.07 Å². The Kier molecular flexibility index (Phi) is 8.79. The Morgan fingerprint density at radius 1 is 0.686 bits per heavy atom. The van der Waals surface area contributed by atoms with E-state index in [-0.39, 0.29) is 0 Å². The molecule has 35 heavy (non-hydrogen) atoms. The predicted molar refractivity (Wildman–Crippen MR) is 147 cm³/mol. The molecule has 0 aliphatic rings. The minimum absolute atomic E-state index is 0.756. The Morgan fingerprint density at radius 3 is 1.66 bits per heavy atom. The molecule has 1 aromatic heterocycles. The van der Waals surface area contributed by atoms with Crippen LogP contribution in [0.4, 0.5) is 0 Å². The molecule has 0 aliphatic heterocycles. The average Bonchev–Trinajstić information content (AvgIpc) is 3.42. The second kappa shape index (κ2) is 12.4. The van der Waals surface area contributed by atoms with Crippen LogP contribution >= 0.6 is 0 Å². The molecule has 0 N–H and O–H groups in total. The van der Waals surface area contributed by atoms with E-state index >= 15 is 0 Å². The quantitative estimate of drug-likeness (QED) is 0.153. The summed E-state index contributed by atoms with van der Waals surface area (Å²) in [5.41, 5.74) is 0. The van der Waals surface area contributed by atoms with Gasteiger partial charge >= 0.3 is 0 Å². The van der Waals surface area contributed by atoms with Crippen LogP contribution in [0.1, 0.15) is 39.5 Å². The zero-order valence-corrected chi connectivity index (χ0v) is 21.9. The van der Waals surface area contributed by atoms with Crippen LogP contribution in [0.15, 0.2) is 97.6 Å². The summed E-state index contributed by atoms with van der Waals surface area (Å²) in [5, 5.41) is 4.06. The Morgan fingerprint density at radius 2 is 1.20 bits per heavy atom. The topological polar surface area (TPSA) is 36.3 Å². The number of rotatable bonds is 13. The third kappa shape index (κ3) is 6.04. The Balaban J connectivity index is 1.78. The van der Waals surface area contributed by atoms with Crippen LogP contribution in [0.2, 0.25) is 0 Å². The van der Waals surface area contributed by atoms with Gasteiger partial charge in [-0.1, -0.05) is 81.3 Å². The van der Waals surface area contributed by atoms with Crippen LogP contribution < -0.4 is 25.0 Å². The van der Waals surface area contributed by atoms with Crippen molar-refractivity contribution in [3.05, 3.63) is 97.6 Å². The third-order valence-corrected chi connectivity index (χ3v) is 11.3. The Hall–Kier alpha value is -3.31. The highest BCUT2D eigenvalue weighted by Crippen LogP contribution is 2.17. The number of ether oxygens (including phenoxy) is 2. The van der Waals surface area contributed by atoms with Crippen LogP contribution in [-0.4, -0.2) is 30.8 Å². The molecule has 4 rings (SSSR count). The minimum atomic E-state index is -2.44. The van der Waals surface area contributed by atoms with E-state index in [1.54, 1.807) is 0 Å². The lowest BCUT2D eigenvalue weighted by atomic mass is 10.3. The molecule has 0 saturated carbocycles. The van der Waals surface area contributed by atoms with Gasteiger partial charge in [-0.05, 0) is 52.7 Å². The normalized spacial score (nSPS) is 11.4. The molecule has 0 saturated heterocycles. The van der Waals surface area contributed by atoms with Gasteiger partial charge < -0.3 is 14.0 Å². The molecule has 0 atom stereocenters. The van der Waals surface area contributed by atoms with Crippen LogP contribution in [0.5, 0.6) is 11.5 Å². The maximum Gasteiger partial charge on any atom is 0.168 e. The van der Waals surface area contributed by atoms with Crippen LogP contribution in [0.3, 0.4) is 0 Å². The van der Waals surface area contributed by atoms with E-state index in [9.17, 15) is 0 Å². The fourth-order valence-corrected chi connectivity index (χ4v) is 9.01. The van der Waals surface area contributed by atoms with Gasteiger partial charge in [0.05, 0.1) is 19.5 Å². The monoisotopic (exact) mass is 484 g/mol. The summed E-state index contributed by atoms with van der Waals surface area (Å²) >= 11 is 0. The van der Waals surface area contributed by atoms with Gasteiger partial charge in [0, 0.05) is 18.6 Å². The molecule has 0 bridgehead atoms. The molecule has 0 aliphatic carbocycles. The highest BCUT2D eigenvalue weighted by molar-refractivity contribution is 7.10. The van der Waals surface area contributed by atoms with E-state index in [1.807, 2.05) is 12.5 Å². The van der Waals surface area contributed by atoms with Gasteiger partial charge in [-0.15, -0.1) is 0 Å². The zero-order valence-electron chi connectivity index (χ0n) is 20.9. The summed E-state index contributed by atoms with van der Waals surface area (Å²) in [4.78, 5) is 4.34. The number of benzene rings is 3. The van der Waals surface area contributed by atoms with Crippen molar-refractivity contribution >= 4 is 23.6 Å². The number of nitrogens with zero attached hydrogens (tertiary/aromatic N) is 2. The van der Waals surface area contributed by atoms with Crippen molar-refractivity contribution in [1.29, 1.82) is 0 Å². The first-order valence-electron chi connectivity index (χ1n) is 12.7. The second-order valence-corrected chi connectivity index (χ2v) is 12.8. The molecule has 4 nitrogen and oxygen atoms in total. The van der Waals surface area contributed by atoms with Gasteiger partial charge in [0.25, 0.3) is 0 Å². The van der Waals surface area contributed by atoms with E-state index in [2.05, 4.69) is 108 Å². The van der Waals surface area contributed by atoms with Crippen LogP contribution in [-0.2, 0) is 6.17 Å². The lowest BCUT2D eigenvalue weighted by molar-refractivity contribution is 0.309. The molecule has 0 spiro atoms. The number of unbranched alkanes of at least 4 members (excludes halogenated alkanes) is 2. The summed E-state index contributed by atoms with van der Waals surface area (Å²) in [7, 11) is -2.44. The highest BCUT2D eigenvalue weighted by atomic mass is 28.3. The van der Waals surface area contributed by atoms with Crippen molar-refractivity contribution in [3.63, 3.8) is 0 Å². The zero-order chi connectivity index (χ0) is 24.3. The number of aromatic nitrogens is 2. The lowest BCUT2D eigenvalue weighted by Gasteiger charge is -2.34. The molecule has 0 unspecified atom stereocenters. The molecular weight excluding hydrogens is 448 g/mol. The first kappa shape index (κ1) is 24.8. The van der Waals surface area contributed by atoms with Gasteiger partial charge in [-0.25, -0.2) is 4.98 Å². The molecule has 3 aromatic carbocycles. The highest BCUT2D eigenvalue weighted by Gasteiger charge is 2.40. The minimum Gasteiger partial charge on any atom is -0.494 e. The lowest BCUT2D eigenvalue weighted by Crippen LogP contribution is -2.69. The van der Waals surface area contributed by atoms with E-state index in [0.717, 1.165) is 56.6 Å². The Bertz CT molecular complexity index is 1070. The van der Waals surface area contributed by atoms with E-state index in [4.69, 9.17) is 9.47 Å². The Labute approximate surface area is 210 Å². The van der Waals surface area contributed by atoms with Crippen molar-refractivity contribution in [2.45, 2.75) is 45.7 Å². The second-order valence-electron chi connectivity index (χ2n) is 8.96. The summed E-state index contributed by atoms with van der Waals surface area (Å²) in [5.74, 6) is 1.86. The van der Waals surface area contributed by atoms with Crippen molar-refractivity contribution in [1.82, 2.24) is 9.55 Å². The summed E-state index contributed by atoms with van der Waals surface area (Å²) in [6, 6.07) is 28.5. The first-order valence-corrected chi connectivity index (χ1v) is 14.9. The maximum atomic E-state index is 5.98. The number of imidazole rings is 1. The van der Waals surface area contributed by atoms with E-state index in [1.165, 1.54) is 15.6 Å². The molecule has 0 radical (unpaired) electrons. The standard InChI is InChI=1S/C30H36N2O2Si/c1-3-5-22-33-26-12-16-29(17-13-26)35(25-32-21-20-31-24-32,28-10-8-7-9-11-28)30-18-14-27(15-19-30)34-23-6-4-2/h7-21,24H,3-6,22-23,25H2,1-2H3. The van der Waals surface area contributed by atoms with Crippen LogP contribution in [0.25, 0.3) is 0 Å². The first-order chi connectivity index (χ1) is 17.3. The third-order valence-electron chi connectivity index (χ3n) is 6.47. The smallest absolute Gasteiger partial charge is 0.168 e. The average molecular weight is 485 g/mol. The van der Waals surface area contributed by atoms with Crippen LogP contribution in [0, 0.1) is 0 Å². The SMILES string of the molecule is CCCCOc1ccc([Si](Cn2ccnc2)(c2ccccc2)c2ccc(OCCCC)cc2)cc1. The summed E-state index contributed by atoms with van der Waals surface area (Å²) in [6.07, 6.45) is 11.1. The van der Waals surface area contributed by atoms with Gasteiger partial charge in [0.2, 0.25) is 0 Å². The fraction of sp³-hybridized carbons (Fsp3) is 0.300.